The minimum absolute atomic E-state index is 0.0252. The zero-order chi connectivity index (χ0) is 13.1. The Hall–Kier alpha value is -1.34. The van der Waals surface area contributed by atoms with Gasteiger partial charge in [0, 0.05) is 26.2 Å². The summed E-state index contributed by atoms with van der Waals surface area (Å²) in [5, 5.41) is 8.69. The minimum Gasteiger partial charge on any atom is -0.480 e. The minimum atomic E-state index is -0.840. The molecule has 1 saturated heterocycles. The van der Waals surface area contributed by atoms with Crippen molar-refractivity contribution in [2.45, 2.75) is 0 Å². The lowest BCUT2D eigenvalue weighted by atomic mass is 10.2. The molecule has 1 aromatic rings. The lowest BCUT2D eigenvalue weighted by Gasteiger charge is -2.33. The number of hydrogen-bond donors (Lipinski definition) is 1. The number of carbonyl (C=O) groups is 2. The fourth-order valence-electron chi connectivity index (χ4n) is 1.92. The van der Waals surface area contributed by atoms with Crippen molar-refractivity contribution in [3.05, 3.63) is 22.6 Å². The van der Waals surface area contributed by atoms with Crippen molar-refractivity contribution in [1.29, 1.82) is 0 Å². The smallest absolute Gasteiger partial charge is 0.317 e. The van der Waals surface area contributed by atoms with Gasteiger partial charge in [-0.05, 0) is 22.0 Å². The maximum Gasteiger partial charge on any atom is 0.317 e. The molecule has 0 saturated carbocycles. The summed E-state index contributed by atoms with van der Waals surface area (Å²) < 4.78 is 5.46. The second-order valence-corrected chi connectivity index (χ2v) is 4.79. The molecule has 1 aliphatic rings. The van der Waals surface area contributed by atoms with Gasteiger partial charge >= 0.3 is 5.97 Å². The summed E-state index contributed by atoms with van der Waals surface area (Å²) in [6.07, 6.45) is 1.46. The molecule has 98 valence electrons. The molecule has 1 fully saturated rings. The van der Waals surface area contributed by atoms with Crippen molar-refractivity contribution in [2.75, 3.05) is 32.7 Å². The van der Waals surface area contributed by atoms with Gasteiger partial charge in [-0.1, -0.05) is 0 Å². The number of aliphatic carboxylic acids is 1. The summed E-state index contributed by atoms with van der Waals surface area (Å²) in [5.74, 6) is -0.932. The van der Waals surface area contributed by atoms with Crippen molar-refractivity contribution in [3.8, 4) is 0 Å². The molecule has 2 heterocycles. The van der Waals surface area contributed by atoms with Crippen molar-refractivity contribution in [2.24, 2.45) is 0 Å². The van der Waals surface area contributed by atoms with Gasteiger partial charge in [0.2, 0.25) is 0 Å². The van der Waals surface area contributed by atoms with Gasteiger partial charge in [-0.25, -0.2) is 0 Å². The largest absolute Gasteiger partial charge is 0.480 e. The Morgan fingerprint density at radius 1 is 1.33 bits per heavy atom. The maximum atomic E-state index is 12.1. The van der Waals surface area contributed by atoms with Crippen LogP contribution in [0.15, 0.2) is 21.4 Å². The molecule has 1 aromatic heterocycles. The molecule has 6 nitrogen and oxygen atoms in total. The van der Waals surface area contributed by atoms with Gasteiger partial charge in [-0.2, -0.15) is 0 Å². The standard InChI is InChI=1S/C11H13BrN2O4/c12-10-8(1-6-18-10)11(17)14-4-2-13(3-5-14)7-9(15)16/h1,6H,2-5,7H2,(H,15,16). The molecular formula is C11H13BrN2O4. The molecule has 1 amide bonds. The summed E-state index contributed by atoms with van der Waals surface area (Å²) in [7, 11) is 0. The lowest BCUT2D eigenvalue weighted by Crippen LogP contribution is -2.49. The van der Waals surface area contributed by atoms with Crippen molar-refractivity contribution < 1.29 is 19.1 Å². The highest BCUT2D eigenvalue weighted by Gasteiger charge is 2.25. The number of piperazine rings is 1. The first kappa shape index (κ1) is 13.1. The molecule has 2 rings (SSSR count). The van der Waals surface area contributed by atoms with E-state index in [1.165, 1.54) is 6.26 Å². The molecule has 7 heteroatoms. The summed E-state index contributed by atoms with van der Waals surface area (Å²) in [6, 6.07) is 1.62. The van der Waals surface area contributed by atoms with E-state index in [1.54, 1.807) is 11.0 Å². The van der Waals surface area contributed by atoms with E-state index in [2.05, 4.69) is 15.9 Å². The number of carboxylic acids is 1. The second-order valence-electron chi connectivity index (χ2n) is 4.07. The molecule has 18 heavy (non-hydrogen) atoms. The van der Waals surface area contributed by atoms with Crippen LogP contribution in [0.3, 0.4) is 0 Å². The van der Waals surface area contributed by atoms with Crippen LogP contribution < -0.4 is 0 Å². The number of hydrogen-bond acceptors (Lipinski definition) is 4. The van der Waals surface area contributed by atoms with Crippen molar-refractivity contribution >= 4 is 27.8 Å². The fourth-order valence-corrected chi connectivity index (χ4v) is 2.33. The topological polar surface area (TPSA) is 74.0 Å². The quantitative estimate of drug-likeness (QED) is 0.896. The monoisotopic (exact) mass is 316 g/mol. The van der Waals surface area contributed by atoms with Gasteiger partial charge in [0.1, 0.15) is 0 Å². The number of nitrogens with zero attached hydrogens (tertiary/aromatic N) is 2. The molecule has 1 N–H and O–H groups in total. The van der Waals surface area contributed by atoms with Crippen LogP contribution in [-0.2, 0) is 4.79 Å². The highest BCUT2D eigenvalue weighted by molar-refractivity contribution is 9.10. The van der Waals surface area contributed by atoms with Crippen LogP contribution in [0.4, 0.5) is 0 Å². The molecule has 0 bridgehead atoms. The van der Waals surface area contributed by atoms with E-state index in [1.807, 2.05) is 4.90 Å². The predicted octanol–water partition coefficient (Wildman–Crippen LogP) is 0.885. The zero-order valence-corrected chi connectivity index (χ0v) is 11.2. The summed E-state index contributed by atoms with van der Waals surface area (Å²) in [6.45, 7) is 2.24. The van der Waals surface area contributed by atoms with E-state index in [4.69, 9.17) is 9.52 Å². The first-order valence-corrected chi connectivity index (χ1v) is 6.33. The number of carboxylic acid groups (broad SMARTS) is 1. The SMILES string of the molecule is O=C(O)CN1CCN(C(=O)c2ccoc2Br)CC1. The number of furan rings is 1. The molecule has 0 aliphatic carbocycles. The van der Waals surface area contributed by atoms with Crippen LogP contribution in [0.5, 0.6) is 0 Å². The van der Waals surface area contributed by atoms with Gasteiger partial charge < -0.3 is 14.4 Å². The van der Waals surface area contributed by atoms with Gasteiger partial charge in [0.05, 0.1) is 18.4 Å². The van der Waals surface area contributed by atoms with Crippen LogP contribution in [0, 0.1) is 0 Å². The Kier molecular flexibility index (Phi) is 4.03. The van der Waals surface area contributed by atoms with Gasteiger partial charge in [-0.15, -0.1) is 0 Å². The third kappa shape index (κ3) is 2.91. The van der Waals surface area contributed by atoms with Crippen LogP contribution >= 0.6 is 15.9 Å². The zero-order valence-electron chi connectivity index (χ0n) is 9.63. The average molecular weight is 317 g/mol. The number of halogens is 1. The third-order valence-electron chi connectivity index (χ3n) is 2.87. The normalized spacial score (nSPS) is 16.8. The van der Waals surface area contributed by atoms with Gasteiger partial charge in [-0.3, -0.25) is 14.5 Å². The van der Waals surface area contributed by atoms with Crippen LogP contribution in [-0.4, -0.2) is 59.5 Å². The van der Waals surface area contributed by atoms with Gasteiger partial charge in [0.25, 0.3) is 5.91 Å². The highest BCUT2D eigenvalue weighted by Crippen LogP contribution is 2.20. The Morgan fingerprint density at radius 3 is 2.50 bits per heavy atom. The first-order valence-electron chi connectivity index (χ1n) is 5.54. The Labute approximate surface area is 112 Å². The molecule has 0 unspecified atom stereocenters. The molecule has 0 aromatic carbocycles. The molecule has 1 aliphatic heterocycles. The predicted molar refractivity (Wildman–Crippen MR) is 66.4 cm³/mol. The molecule has 0 spiro atoms. The highest BCUT2D eigenvalue weighted by atomic mass is 79.9. The van der Waals surface area contributed by atoms with Crippen molar-refractivity contribution in [3.63, 3.8) is 0 Å². The second kappa shape index (κ2) is 5.53. The van der Waals surface area contributed by atoms with E-state index >= 15 is 0 Å². The maximum absolute atomic E-state index is 12.1. The first-order chi connectivity index (χ1) is 8.58. The van der Waals surface area contributed by atoms with Crippen molar-refractivity contribution in [1.82, 2.24) is 9.80 Å². The van der Waals surface area contributed by atoms with Crippen LogP contribution in [0.2, 0.25) is 0 Å². The van der Waals surface area contributed by atoms with Crippen LogP contribution in [0.25, 0.3) is 0 Å². The Bertz CT molecular complexity index is 452. The third-order valence-corrected chi connectivity index (χ3v) is 3.48. The van der Waals surface area contributed by atoms with E-state index in [9.17, 15) is 9.59 Å². The summed E-state index contributed by atoms with van der Waals surface area (Å²) >= 11 is 3.18. The average Bonchev–Trinajstić information content (AvgIpc) is 2.75. The molecule has 0 atom stereocenters. The summed E-state index contributed by atoms with van der Waals surface area (Å²) in [4.78, 5) is 26.2. The van der Waals surface area contributed by atoms with E-state index < -0.39 is 5.97 Å². The van der Waals surface area contributed by atoms with E-state index in [0.29, 0.717) is 36.4 Å². The number of rotatable bonds is 3. The molecular weight excluding hydrogens is 304 g/mol. The Balaban J connectivity index is 1.92. The summed E-state index contributed by atoms with van der Waals surface area (Å²) in [5.41, 5.74) is 0.502. The fraction of sp³-hybridized carbons (Fsp3) is 0.455. The molecule has 0 radical (unpaired) electrons. The number of carbonyl (C=O) groups excluding carboxylic acids is 1. The van der Waals surface area contributed by atoms with E-state index in [0.717, 1.165) is 0 Å². The number of amides is 1. The van der Waals surface area contributed by atoms with Gasteiger partial charge in [0.15, 0.2) is 4.67 Å². The lowest BCUT2D eigenvalue weighted by molar-refractivity contribution is -0.138. The Morgan fingerprint density at radius 2 is 2.00 bits per heavy atom. The van der Waals surface area contributed by atoms with Crippen LogP contribution in [0.1, 0.15) is 10.4 Å². The van der Waals surface area contributed by atoms with E-state index in [-0.39, 0.29) is 12.5 Å².